The molecule has 7 nitrogen and oxygen atoms in total. The van der Waals surface area contributed by atoms with Gasteiger partial charge in [0, 0.05) is 17.8 Å². The molecule has 1 unspecified atom stereocenters. The zero-order valence-electron chi connectivity index (χ0n) is 10.4. The molecule has 1 aromatic rings. The fourth-order valence-electron chi connectivity index (χ4n) is 1.48. The third-order valence-electron chi connectivity index (χ3n) is 2.35. The normalized spacial score (nSPS) is 11.2. The number of urea groups is 1. The number of rotatable bonds is 5. The first-order valence-electron chi connectivity index (χ1n) is 5.78. The van der Waals surface area contributed by atoms with Gasteiger partial charge in [-0.25, -0.2) is 4.79 Å². The molecule has 0 bridgehead atoms. The summed E-state index contributed by atoms with van der Waals surface area (Å²) in [7, 11) is 0. The standard InChI is InChI=1S/C12H14N4O3/c1-2-4-10(8-13)15-12(17)14-9-5-3-6-11(7-9)16(18)19/h3,5-7,10H,2,4H2,1H3,(H2,14,15,17). The smallest absolute Gasteiger partial charge is 0.320 e. The zero-order valence-corrected chi connectivity index (χ0v) is 10.4. The highest BCUT2D eigenvalue weighted by Crippen LogP contribution is 2.16. The van der Waals surface area contributed by atoms with E-state index in [4.69, 9.17) is 5.26 Å². The molecule has 100 valence electrons. The van der Waals surface area contributed by atoms with Gasteiger partial charge < -0.3 is 10.6 Å². The van der Waals surface area contributed by atoms with E-state index in [2.05, 4.69) is 10.6 Å². The van der Waals surface area contributed by atoms with Crippen LogP contribution in [0.4, 0.5) is 16.2 Å². The van der Waals surface area contributed by atoms with Crippen LogP contribution in [0.25, 0.3) is 0 Å². The molecule has 0 saturated heterocycles. The van der Waals surface area contributed by atoms with Crippen molar-refractivity contribution in [2.45, 2.75) is 25.8 Å². The van der Waals surface area contributed by atoms with Crippen molar-refractivity contribution in [2.24, 2.45) is 0 Å². The fourth-order valence-corrected chi connectivity index (χ4v) is 1.48. The Morgan fingerprint density at radius 2 is 2.32 bits per heavy atom. The van der Waals surface area contributed by atoms with E-state index in [1.807, 2.05) is 13.0 Å². The number of hydrogen-bond acceptors (Lipinski definition) is 4. The summed E-state index contributed by atoms with van der Waals surface area (Å²) in [6, 6.07) is 6.44. The lowest BCUT2D eigenvalue weighted by molar-refractivity contribution is -0.384. The first-order valence-corrected chi connectivity index (χ1v) is 5.78. The average molecular weight is 262 g/mol. The van der Waals surface area contributed by atoms with Crippen molar-refractivity contribution in [3.8, 4) is 6.07 Å². The number of amides is 2. The third kappa shape index (κ3) is 4.63. The molecule has 1 rings (SSSR count). The number of benzene rings is 1. The number of carbonyl (C=O) groups is 1. The molecular formula is C12H14N4O3. The lowest BCUT2D eigenvalue weighted by Gasteiger charge is -2.11. The Kier molecular flexibility index (Phi) is 5.29. The molecule has 1 aromatic carbocycles. The lowest BCUT2D eigenvalue weighted by Crippen LogP contribution is -2.36. The van der Waals surface area contributed by atoms with Gasteiger partial charge in [-0.05, 0) is 12.5 Å². The van der Waals surface area contributed by atoms with Crippen LogP contribution in [0.5, 0.6) is 0 Å². The summed E-state index contributed by atoms with van der Waals surface area (Å²) < 4.78 is 0. The monoisotopic (exact) mass is 262 g/mol. The van der Waals surface area contributed by atoms with E-state index in [1.54, 1.807) is 0 Å². The minimum atomic E-state index is -0.566. The number of nitrogens with one attached hydrogen (secondary N) is 2. The van der Waals surface area contributed by atoms with Gasteiger partial charge in [0.2, 0.25) is 0 Å². The van der Waals surface area contributed by atoms with Gasteiger partial charge in [0.25, 0.3) is 5.69 Å². The van der Waals surface area contributed by atoms with Gasteiger partial charge in [-0.3, -0.25) is 10.1 Å². The summed E-state index contributed by atoms with van der Waals surface area (Å²) in [6.45, 7) is 1.91. The second-order valence-electron chi connectivity index (χ2n) is 3.88. The summed E-state index contributed by atoms with van der Waals surface area (Å²) in [4.78, 5) is 21.6. The molecule has 1 atom stereocenters. The molecule has 2 N–H and O–H groups in total. The number of nitro benzene ring substituents is 1. The van der Waals surface area contributed by atoms with Crippen molar-refractivity contribution in [3.63, 3.8) is 0 Å². The lowest BCUT2D eigenvalue weighted by atomic mass is 10.2. The van der Waals surface area contributed by atoms with Crippen molar-refractivity contribution in [2.75, 3.05) is 5.32 Å². The van der Waals surface area contributed by atoms with Crippen LogP contribution in [0.1, 0.15) is 19.8 Å². The summed E-state index contributed by atoms with van der Waals surface area (Å²) in [5, 5.41) is 24.3. The molecule has 0 aromatic heterocycles. The van der Waals surface area contributed by atoms with Gasteiger partial charge in [0.05, 0.1) is 11.0 Å². The van der Waals surface area contributed by atoms with Crippen molar-refractivity contribution in [1.82, 2.24) is 5.32 Å². The van der Waals surface area contributed by atoms with E-state index < -0.39 is 17.0 Å². The van der Waals surface area contributed by atoms with E-state index >= 15 is 0 Å². The van der Waals surface area contributed by atoms with Crippen LogP contribution in [0.3, 0.4) is 0 Å². The number of non-ortho nitro benzene ring substituents is 1. The Morgan fingerprint density at radius 3 is 2.89 bits per heavy atom. The van der Waals surface area contributed by atoms with Gasteiger partial charge in [0.1, 0.15) is 6.04 Å². The summed E-state index contributed by atoms with van der Waals surface area (Å²) >= 11 is 0. The second-order valence-corrected chi connectivity index (χ2v) is 3.88. The molecule has 7 heteroatoms. The molecule has 0 heterocycles. The van der Waals surface area contributed by atoms with Crippen LogP contribution in [0.15, 0.2) is 24.3 Å². The average Bonchev–Trinajstić information content (AvgIpc) is 2.38. The van der Waals surface area contributed by atoms with Crippen molar-refractivity contribution >= 4 is 17.4 Å². The van der Waals surface area contributed by atoms with Crippen LogP contribution >= 0.6 is 0 Å². The Bertz CT molecular complexity index is 510. The summed E-state index contributed by atoms with van der Waals surface area (Å²) in [6.07, 6.45) is 1.33. The minimum Gasteiger partial charge on any atom is -0.322 e. The van der Waals surface area contributed by atoms with Gasteiger partial charge in [-0.1, -0.05) is 19.4 Å². The highest BCUT2D eigenvalue weighted by Gasteiger charge is 2.11. The number of nitriles is 1. The van der Waals surface area contributed by atoms with Crippen molar-refractivity contribution < 1.29 is 9.72 Å². The minimum absolute atomic E-state index is 0.108. The van der Waals surface area contributed by atoms with E-state index in [0.717, 1.165) is 6.42 Å². The highest BCUT2D eigenvalue weighted by atomic mass is 16.6. The SMILES string of the molecule is CCCC(C#N)NC(=O)Nc1cccc([N+](=O)[O-])c1. The van der Waals surface area contributed by atoms with E-state index in [9.17, 15) is 14.9 Å². The van der Waals surface area contributed by atoms with Gasteiger partial charge >= 0.3 is 6.03 Å². The maximum absolute atomic E-state index is 11.6. The maximum atomic E-state index is 11.6. The highest BCUT2D eigenvalue weighted by molar-refractivity contribution is 5.89. The molecule has 0 radical (unpaired) electrons. The van der Waals surface area contributed by atoms with Crippen LogP contribution in [0, 0.1) is 21.4 Å². The Balaban J connectivity index is 2.64. The maximum Gasteiger partial charge on any atom is 0.320 e. The van der Waals surface area contributed by atoms with Gasteiger partial charge in [0.15, 0.2) is 0 Å². The molecule has 0 spiro atoms. The van der Waals surface area contributed by atoms with E-state index in [1.165, 1.54) is 24.3 Å². The zero-order chi connectivity index (χ0) is 14.3. The molecular weight excluding hydrogens is 248 g/mol. The number of nitro groups is 1. The molecule has 0 aliphatic heterocycles. The molecule has 0 fully saturated rings. The quantitative estimate of drug-likeness (QED) is 0.627. The first-order chi connectivity index (χ1) is 9.06. The fraction of sp³-hybridized carbons (Fsp3) is 0.333. The van der Waals surface area contributed by atoms with E-state index in [-0.39, 0.29) is 5.69 Å². The Morgan fingerprint density at radius 1 is 1.58 bits per heavy atom. The van der Waals surface area contributed by atoms with Crippen LogP contribution in [-0.2, 0) is 0 Å². The largest absolute Gasteiger partial charge is 0.322 e. The van der Waals surface area contributed by atoms with E-state index in [0.29, 0.717) is 12.1 Å². The predicted octanol–water partition coefficient (Wildman–Crippen LogP) is 2.41. The third-order valence-corrected chi connectivity index (χ3v) is 2.35. The second kappa shape index (κ2) is 6.96. The predicted molar refractivity (Wildman–Crippen MR) is 69.6 cm³/mol. The number of nitrogens with zero attached hydrogens (tertiary/aromatic N) is 2. The van der Waals surface area contributed by atoms with Crippen molar-refractivity contribution in [1.29, 1.82) is 5.26 Å². The first kappa shape index (κ1) is 14.4. The number of hydrogen-bond donors (Lipinski definition) is 2. The molecule has 2 amide bonds. The number of anilines is 1. The summed E-state index contributed by atoms with van der Waals surface area (Å²) in [5.41, 5.74) is 0.197. The Hall–Kier alpha value is -2.62. The molecule has 0 aliphatic carbocycles. The molecule has 0 saturated carbocycles. The summed E-state index contributed by atoms with van der Waals surface area (Å²) in [5.74, 6) is 0. The van der Waals surface area contributed by atoms with Gasteiger partial charge in [-0.15, -0.1) is 0 Å². The number of carbonyl (C=O) groups excluding carboxylic acids is 1. The van der Waals surface area contributed by atoms with Crippen LogP contribution in [-0.4, -0.2) is 17.0 Å². The topological polar surface area (TPSA) is 108 Å². The van der Waals surface area contributed by atoms with Crippen LogP contribution in [0.2, 0.25) is 0 Å². The Labute approximate surface area is 110 Å². The molecule has 0 aliphatic rings. The molecule has 19 heavy (non-hydrogen) atoms. The van der Waals surface area contributed by atoms with Crippen molar-refractivity contribution in [3.05, 3.63) is 34.4 Å². The van der Waals surface area contributed by atoms with Crippen LogP contribution < -0.4 is 10.6 Å². The van der Waals surface area contributed by atoms with Gasteiger partial charge in [-0.2, -0.15) is 5.26 Å².